The second-order valence-corrected chi connectivity index (χ2v) is 35.3. The van der Waals surface area contributed by atoms with Crippen LogP contribution >= 0.6 is 24.4 Å². The number of hydrogen-bond donors (Lipinski definition) is 0. The number of hydrogen-bond acceptors (Lipinski definition) is 18. The predicted molar refractivity (Wildman–Crippen MR) is 304 cm³/mol. The second-order valence-electron chi connectivity index (χ2n) is 25.1. The zero-order valence-corrected chi connectivity index (χ0v) is 52.2. The summed E-state index contributed by atoms with van der Waals surface area (Å²) in [6, 6.07) is 17.8. The van der Waals surface area contributed by atoms with Crippen LogP contribution in [0.3, 0.4) is 0 Å². The highest BCUT2D eigenvalue weighted by atomic mass is 32.1. The molecule has 8 rings (SSSR count). The van der Waals surface area contributed by atoms with Gasteiger partial charge in [-0.2, -0.15) is 0 Å². The molecular weight excluding hydrogens is 1070 g/mol. The predicted octanol–water partition coefficient (Wildman–Crippen LogP) is 11.0. The number of methoxy groups -OCH3 is 2. The van der Waals surface area contributed by atoms with Crippen molar-refractivity contribution in [1.29, 1.82) is 0 Å². The Labute approximate surface area is 475 Å². The molecule has 0 spiro atoms. The van der Waals surface area contributed by atoms with Crippen molar-refractivity contribution in [2.75, 3.05) is 14.2 Å². The maximum Gasteiger partial charge on any atom is 0.353 e. The normalized spacial score (nSPS) is 37.2. The smallest absolute Gasteiger partial charge is 0.353 e. The Balaban J connectivity index is 1.28. The molecule has 0 bridgehead atoms. The summed E-state index contributed by atoms with van der Waals surface area (Å²) in [5, 5.41) is -0.413. The van der Waals surface area contributed by atoms with Gasteiger partial charge < -0.3 is 65.7 Å². The van der Waals surface area contributed by atoms with Crippen molar-refractivity contribution in [3.05, 3.63) is 71.8 Å². The van der Waals surface area contributed by atoms with Crippen LogP contribution in [0.1, 0.15) is 128 Å². The molecule has 2 saturated carbocycles. The van der Waals surface area contributed by atoms with E-state index in [-0.39, 0.29) is 33.4 Å². The van der Waals surface area contributed by atoms with Gasteiger partial charge in [-0.25, -0.2) is 9.59 Å². The van der Waals surface area contributed by atoms with Gasteiger partial charge in [0.2, 0.25) is 0 Å². The van der Waals surface area contributed by atoms with E-state index in [0.29, 0.717) is 36.8 Å². The van der Waals surface area contributed by atoms with E-state index in [2.05, 4.69) is 81.6 Å². The molecular formula is C58H86O16S2Si2. The Kier molecular flexibility index (Phi) is 18.5. The quantitative estimate of drug-likeness (QED) is 0.0834. The number of thiocarbonyl (C=S) groups is 2. The van der Waals surface area contributed by atoms with Crippen molar-refractivity contribution in [1.82, 2.24) is 0 Å². The van der Waals surface area contributed by atoms with Gasteiger partial charge in [-0.3, -0.25) is 0 Å². The van der Waals surface area contributed by atoms with Gasteiger partial charge in [0.05, 0.1) is 35.5 Å². The summed E-state index contributed by atoms with van der Waals surface area (Å²) in [5.41, 5.74) is -1.73. The number of benzene rings is 2. The van der Waals surface area contributed by atoms with Gasteiger partial charge >= 0.3 is 22.4 Å². The Morgan fingerprint density at radius 3 is 1.23 bits per heavy atom. The fraction of sp³-hybridized carbons (Fsp3) is 0.724. The summed E-state index contributed by atoms with van der Waals surface area (Å²) >= 11 is 11.8. The van der Waals surface area contributed by atoms with Gasteiger partial charge in [-0.05, 0) is 87.2 Å². The van der Waals surface area contributed by atoms with Crippen molar-refractivity contribution in [2.45, 2.75) is 241 Å². The van der Waals surface area contributed by atoms with Crippen LogP contribution in [0.2, 0.25) is 36.3 Å². The lowest BCUT2D eigenvalue weighted by Gasteiger charge is -2.63. The molecule has 6 fully saturated rings. The molecule has 2 aromatic carbocycles. The minimum atomic E-state index is -2.67. The van der Waals surface area contributed by atoms with E-state index >= 15 is 0 Å². The van der Waals surface area contributed by atoms with Crippen molar-refractivity contribution in [2.24, 2.45) is 11.8 Å². The van der Waals surface area contributed by atoms with Gasteiger partial charge in [0, 0.05) is 76.2 Å². The third-order valence-corrected chi connectivity index (χ3v) is 27.9. The van der Waals surface area contributed by atoms with Crippen LogP contribution in [0.4, 0.5) is 0 Å². The molecule has 6 aliphatic rings. The van der Waals surface area contributed by atoms with Crippen LogP contribution in [0, 0.1) is 11.8 Å². The number of esters is 2. The molecule has 2 aliphatic carbocycles. The van der Waals surface area contributed by atoms with E-state index in [0.717, 1.165) is 0 Å². The Morgan fingerprint density at radius 2 is 0.923 bits per heavy atom. The lowest BCUT2D eigenvalue weighted by Crippen LogP contribution is -2.75. The molecule has 4 saturated heterocycles. The van der Waals surface area contributed by atoms with E-state index in [1.54, 1.807) is 62.8 Å². The van der Waals surface area contributed by atoms with Gasteiger partial charge in [0.15, 0.2) is 41.4 Å². The molecule has 20 heteroatoms. The fourth-order valence-corrected chi connectivity index (χ4v) is 15.5. The number of ether oxygens (including phenoxy) is 12. The third-order valence-electron chi connectivity index (χ3n) is 18.5. The molecule has 4 heterocycles. The van der Waals surface area contributed by atoms with Crippen LogP contribution in [0.25, 0.3) is 0 Å². The molecule has 0 radical (unpaired) electrons. The first-order valence-corrected chi connectivity index (χ1v) is 34.6. The lowest BCUT2D eigenvalue weighted by molar-refractivity contribution is -0.356. The van der Waals surface area contributed by atoms with E-state index < -0.39 is 137 Å². The van der Waals surface area contributed by atoms with Crippen LogP contribution in [-0.4, -0.2) is 150 Å². The van der Waals surface area contributed by atoms with Gasteiger partial charge in [0.1, 0.15) is 47.8 Å². The summed E-state index contributed by atoms with van der Waals surface area (Å²) in [6.45, 7) is 30.2. The zero-order chi connectivity index (χ0) is 56.9. The van der Waals surface area contributed by atoms with E-state index in [1.807, 2.05) is 26.0 Å². The maximum absolute atomic E-state index is 13.6. The Morgan fingerprint density at radius 1 is 0.577 bits per heavy atom. The number of fused-ring (bicyclic) bond motifs is 2. The monoisotopic (exact) mass is 1160 g/mol. The topological polar surface area (TPSA) is 163 Å². The first kappa shape index (κ1) is 61.0. The molecule has 16 nitrogen and oxygen atoms in total. The Bertz CT molecular complexity index is 2260. The highest BCUT2D eigenvalue weighted by Crippen LogP contribution is 2.60. The molecule has 0 amide bonds. The third kappa shape index (κ3) is 12.0. The number of carbonyl (C=O) groups is 2. The average molecular weight is 1160 g/mol. The van der Waals surface area contributed by atoms with Crippen molar-refractivity contribution < 1.29 is 75.3 Å². The largest absolute Gasteiger partial charge is 0.453 e. The summed E-state index contributed by atoms with van der Waals surface area (Å²) in [7, 11) is -2.13. The summed E-state index contributed by atoms with van der Waals surface area (Å²) in [5.74, 6) is -2.43. The highest BCUT2D eigenvalue weighted by Gasteiger charge is 2.73. The minimum Gasteiger partial charge on any atom is -0.453 e. The van der Waals surface area contributed by atoms with Crippen molar-refractivity contribution >= 4 is 63.5 Å². The van der Waals surface area contributed by atoms with Crippen LogP contribution < -0.4 is 0 Å². The maximum atomic E-state index is 13.6. The van der Waals surface area contributed by atoms with Crippen LogP contribution in [-0.2, 0) is 65.7 Å². The number of rotatable bonds is 17. The highest BCUT2D eigenvalue weighted by molar-refractivity contribution is 7.80. The molecule has 0 unspecified atom stereocenters. The number of carbonyl (C=O) groups excluding carboxylic acids is 2. The first-order valence-electron chi connectivity index (χ1n) is 28.0. The van der Waals surface area contributed by atoms with E-state index in [9.17, 15) is 9.59 Å². The SMILES string of the molecule is CC[C@]1(O[C@H]2C[C@H](OC)[C@@H](OC(=O)c3ccccc3)[C@H](C)O2)[C@@H]([C@H]2[C@@H]3OC(=S)O[C@@H]3C[C@@H](O[Si](C)(C)C(C)(C)C)[C@@]2(CC)O[C@H]2C[C@H](OC)[C@@H](OC(=O)c3ccccc3)[C@H](C)O2)[C@@H]2OC(=S)O[C@@H]2C[C@H]1O[Si](C)(C)C(C)(C)C. The molecule has 0 aromatic heterocycles. The van der Waals surface area contributed by atoms with E-state index in [1.165, 1.54) is 0 Å². The van der Waals surface area contributed by atoms with Crippen molar-refractivity contribution in [3.63, 3.8) is 0 Å². The molecule has 2 aromatic rings. The van der Waals surface area contributed by atoms with Gasteiger partial charge in [-0.15, -0.1) is 0 Å². The summed E-state index contributed by atoms with van der Waals surface area (Å²) in [4.78, 5) is 27.2. The Hall–Kier alpha value is -3.13. The van der Waals surface area contributed by atoms with Gasteiger partial charge in [-0.1, -0.05) is 91.8 Å². The molecule has 78 heavy (non-hydrogen) atoms. The molecule has 4 aliphatic heterocycles. The average Bonchev–Trinajstić information content (AvgIpc) is 3.07. The lowest BCUT2D eigenvalue weighted by atomic mass is 9.54. The fourth-order valence-electron chi connectivity index (χ4n) is 12.3. The van der Waals surface area contributed by atoms with Crippen LogP contribution in [0.5, 0.6) is 0 Å². The van der Waals surface area contributed by atoms with Crippen molar-refractivity contribution in [3.8, 4) is 0 Å². The second kappa shape index (κ2) is 23.6. The van der Waals surface area contributed by atoms with E-state index in [4.69, 9.17) is 90.1 Å². The summed E-state index contributed by atoms with van der Waals surface area (Å²) in [6.07, 6.45) is -7.88. The zero-order valence-electron chi connectivity index (χ0n) is 48.6. The van der Waals surface area contributed by atoms with Crippen LogP contribution in [0.15, 0.2) is 60.7 Å². The first-order chi connectivity index (χ1) is 36.6. The molecule has 18 atom stereocenters. The van der Waals surface area contributed by atoms with Gasteiger partial charge in [0.25, 0.3) is 0 Å². The molecule has 0 N–H and O–H groups in total. The summed E-state index contributed by atoms with van der Waals surface area (Å²) < 4.78 is 96.7. The standard InChI is InChI=1S/C58H86O16S2Si2/c1-17-57(71-43-31-37(61-11)47(33(3)63-43)67-51(59)35-25-21-19-22-26-35)41(73-77(13,14)55(5,6)7)29-39-49(69-53(75)65-39)45(57)46-50-40(66-54(76)70-50)30-42(74-78(15,16)56(8,9)10)58(46,18-2)72-44-32-38(62-12)48(34(4)64-44)68-52(60)36-27-23-20-24-28-36/h19-28,33-34,37-50H,17-18,29-32H2,1-16H3/t33-,34-,37-,38-,39+,40+,41+,42+,43-,44-,45-,46-,47-,48-,49+,50+,57+,58+/m0/s1. The minimum absolute atomic E-state index is 0.0186. The molecule has 434 valence electrons.